The van der Waals surface area contributed by atoms with Crippen molar-refractivity contribution in [1.82, 2.24) is 5.32 Å². The molecule has 0 aliphatic heterocycles. The van der Waals surface area contributed by atoms with E-state index in [2.05, 4.69) is 5.32 Å². The highest BCUT2D eigenvalue weighted by atomic mass is 16.6. The van der Waals surface area contributed by atoms with Gasteiger partial charge >= 0.3 is 6.09 Å². The zero-order valence-electron chi connectivity index (χ0n) is 12.7. The molecule has 0 spiro atoms. The molecule has 0 bridgehead atoms. The molecule has 1 N–H and O–H groups in total. The summed E-state index contributed by atoms with van der Waals surface area (Å²) >= 11 is 0. The highest BCUT2D eigenvalue weighted by Crippen LogP contribution is 2.12. The second kappa shape index (κ2) is 6.76. The van der Waals surface area contributed by atoms with Crippen molar-refractivity contribution >= 4 is 11.9 Å². The number of amides is 1. The summed E-state index contributed by atoms with van der Waals surface area (Å²) in [6, 6.07) is -0.470. The second-order valence-electron chi connectivity index (χ2n) is 6.43. The van der Waals surface area contributed by atoms with Gasteiger partial charge in [0.15, 0.2) is 5.78 Å². The van der Waals surface area contributed by atoms with Crippen LogP contribution in [-0.2, 0) is 9.53 Å². The minimum atomic E-state index is -0.549. The molecule has 0 rings (SSSR count). The van der Waals surface area contributed by atoms with Crippen LogP contribution in [0.2, 0.25) is 0 Å². The van der Waals surface area contributed by atoms with Crippen LogP contribution in [0, 0.1) is 11.8 Å². The molecule has 1 unspecified atom stereocenters. The third-order valence-corrected chi connectivity index (χ3v) is 2.30. The standard InChI is InChI=1S/C14H27NO3/c1-9(2)8-11(16)12(10(3)4)15-13(17)18-14(5,6)7/h9-10,12H,8H2,1-7H3,(H,15,17). The molecule has 0 heterocycles. The average Bonchev–Trinajstić information content (AvgIpc) is 2.09. The van der Waals surface area contributed by atoms with E-state index in [9.17, 15) is 9.59 Å². The van der Waals surface area contributed by atoms with Crippen molar-refractivity contribution in [2.24, 2.45) is 11.8 Å². The van der Waals surface area contributed by atoms with Gasteiger partial charge in [-0.2, -0.15) is 0 Å². The fourth-order valence-corrected chi connectivity index (χ4v) is 1.58. The van der Waals surface area contributed by atoms with Gasteiger partial charge in [0, 0.05) is 6.42 Å². The van der Waals surface area contributed by atoms with Gasteiger partial charge in [0.1, 0.15) is 5.60 Å². The van der Waals surface area contributed by atoms with Crippen molar-refractivity contribution in [1.29, 1.82) is 0 Å². The van der Waals surface area contributed by atoms with E-state index in [1.807, 2.05) is 27.7 Å². The van der Waals surface area contributed by atoms with Crippen LogP contribution in [0.5, 0.6) is 0 Å². The Morgan fingerprint density at radius 3 is 1.94 bits per heavy atom. The van der Waals surface area contributed by atoms with Crippen LogP contribution in [-0.4, -0.2) is 23.5 Å². The molecular formula is C14H27NO3. The van der Waals surface area contributed by atoms with E-state index in [1.54, 1.807) is 20.8 Å². The van der Waals surface area contributed by atoms with Crippen LogP contribution < -0.4 is 5.32 Å². The van der Waals surface area contributed by atoms with Gasteiger partial charge in [-0.25, -0.2) is 4.79 Å². The molecule has 4 nitrogen and oxygen atoms in total. The first-order valence-corrected chi connectivity index (χ1v) is 6.55. The Bertz CT molecular complexity index is 290. The van der Waals surface area contributed by atoms with Crippen LogP contribution in [0.3, 0.4) is 0 Å². The zero-order valence-corrected chi connectivity index (χ0v) is 12.7. The fraction of sp³-hybridized carbons (Fsp3) is 0.857. The van der Waals surface area contributed by atoms with Gasteiger partial charge in [-0.15, -0.1) is 0 Å². The smallest absolute Gasteiger partial charge is 0.408 e. The maximum absolute atomic E-state index is 12.0. The number of rotatable bonds is 5. The Hall–Kier alpha value is -1.06. The minimum absolute atomic E-state index is 0.0590. The Kier molecular flexibility index (Phi) is 6.36. The second-order valence-corrected chi connectivity index (χ2v) is 6.43. The Morgan fingerprint density at radius 2 is 1.61 bits per heavy atom. The molecule has 0 radical (unpaired) electrons. The third-order valence-electron chi connectivity index (χ3n) is 2.30. The SMILES string of the molecule is CC(C)CC(=O)C(NC(=O)OC(C)(C)C)C(C)C. The normalized spacial score (nSPS) is 13.6. The van der Waals surface area contributed by atoms with Crippen LogP contribution in [0.1, 0.15) is 54.9 Å². The third kappa shape index (κ3) is 7.30. The summed E-state index contributed by atoms with van der Waals surface area (Å²) in [6.45, 7) is 13.2. The van der Waals surface area contributed by atoms with Crippen molar-refractivity contribution in [2.75, 3.05) is 0 Å². The summed E-state index contributed by atoms with van der Waals surface area (Å²) in [4.78, 5) is 23.7. The number of ketones is 1. The molecule has 0 aromatic rings. The lowest BCUT2D eigenvalue weighted by Gasteiger charge is -2.25. The van der Waals surface area contributed by atoms with Gasteiger partial charge in [-0.1, -0.05) is 27.7 Å². The van der Waals surface area contributed by atoms with Crippen molar-refractivity contribution in [3.8, 4) is 0 Å². The van der Waals surface area contributed by atoms with E-state index in [4.69, 9.17) is 4.74 Å². The first-order chi connectivity index (χ1) is 8.03. The lowest BCUT2D eigenvalue weighted by Crippen LogP contribution is -2.46. The first-order valence-electron chi connectivity index (χ1n) is 6.55. The van der Waals surface area contributed by atoms with Gasteiger partial charge in [-0.05, 0) is 32.6 Å². The van der Waals surface area contributed by atoms with Crippen molar-refractivity contribution in [3.63, 3.8) is 0 Å². The minimum Gasteiger partial charge on any atom is -0.444 e. The largest absolute Gasteiger partial charge is 0.444 e. The number of hydrogen-bond acceptors (Lipinski definition) is 3. The molecule has 106 valence electrons. The van der Waals surface area contributed by atoms with Gasteiger partial charge in [-0.3, -0.25) is 4.79 Å². The predicted molar refractivity (Wildman–Crippen MR) is 72.5 cm³/mol. The highest BCUT2D eigenvalue weighted by molar-refractivity contribution is 5.87. The van der Waals surface area contributed by atoms with E-state index < -0.39 is 17.7 Å². The number of carbonyl (C=O) groups excluding carboxylic acids is 2. The summed E-state index contributed by atoms with van der Waals surface area (Å²) in [7, 11) is 0. The molecule has 0 aliphatic rings. The summed E-state index contributed by atoms with van der Waals surface area (Å²) in [5, 5.41) is 2.67. The summed E-state index contributed by atoms with van der Waals surface area (Å²) in [6.07, 6.45) is -0.0585. The van der Waals surface area contributed by atoms with E-state index in [1.165, 1.54) is 0 Å². The summed E-state index contributed by atoms with van der Waals surface area (Å²) < 4.78 is 5.17. The monoisotopic (exact) mass is 257 g/mol. The summed E-state index contributed by atoms with van der Waals surface area (Å²) in [5.41, 5.74) is -0.549. The molecule has 18 heavy (non-hydrogen) atoms. The predicted octanol–water partition coefficient (Wildman–Crippen LogP) is 3.15. The number of alkyl carbamates (subject to hydrolysis) is 1. The highest BCUT2D eigenvalue weighted by Gasteiger charge is 2.26. The molecule has 0 aromatic carbocycles. The first kappa shape index (κ1) is 16.9. The molecule has 1 amide bonds. The van der Waals surface area contributed by atoms with Crippen LogP contribution >= 0.6 is 0 Å². The van der Waals surface area contributed by atoms with Gasteiger partial charge in [0.25, 0.3) is 0 Å². The van der Waals surface area contributed by atoms with Gasteiger partial charge < -0.3 is 10.1 Å². The summed E-state index contributed by atoms with van der Waals surface area (Å²) in [5.74, 6) is 0.411. The fourth-order valence-electron chi connectivity index (χ4n) is 1.58. The van der Waals surface area contributed by atoms with Crippen LogP contribution in [0.15, 0.2) is 0 Å². The quantitative estimate of drug-likeness (QED) is 0.823. The van der Waals surface area contributed by atoms with Gasteiger partial charge in [0.2, 0.25) is 0 Å². The molecule has 0 saturated carbocycles. The van der Waals surface area contributed by atoms with E-state index in [0.29, 0.717) is 12.3 Å². The van der Waals surface area contributed by atoms with Crippen LogP contribution in [0.4, 0.5) is 4.79 Å². The number of ether oxygens (including phenoxy) is 1. The maximum atomic E-state index is 12.0. The van der Waals surface area contributed by atoms with E-state index in [0.717, 1.165) is 0 Å². The topological polar surface area (TPSA) is 55.4 Å². The lowest BCUT2D eigenvalue weighted by atomic mass is 9.94. The van der Waals surface area contributed by atoms with Gasteiger partial charge in [0.05, 0.1) is 6.04 Å². The molecular weight excluding hydrogens is 230 g/mol. The Morgan fingerprint density at radius 1 is 1.11 bits per heavy atom. The molecule has 1 atom stereocenters. The Balaban J connectivity index is 4.54. The zero-order chi connectivity index (χ0) is 14.5. The Labute approximate surface area is 110 Å². The number of Topliss-reactive ketones (excluding diaryl/α,β-unsaturated/α-hetero) is 1. The van der Waals surface area contributed by atoms with E-state index in [-0.39, 0.29) is 11.7 Å². The van der Waals surface area contributed by atoms with Crippen molar-refractivity contribution < 1.29 is 14.3 Å². The lowest BCUT2D eigenvalue weighted by molar-refractivity contribution is -0.122. The van der Waals surface area contributed by atoms with Crippen molar-refractivity contribution in [2.45, 2.75) is 66.5 Å². The number of nitrogens with one attached hydrogen (secondary N) is 1. The molecule has 0 aliphatic carbocycles. The number of hydrogen-bond donors (Lipinski definition) is 1. The average molecular weight is 257 g/mol. The molecule has 0 saturated heterocycles. The molecule has 0 fully saturated rings. The van der Waals surface area contributed by atoms with E-state index >= 15 is 0 Å². The van der Waals surface area contributed by atoms with Crippen molar-refractivity contribution in [3.05, 3.63) is 0 Å². The van der Waals surface area contributed by atoms with Crippen LogP contribution in [0.25, 0.3) is 0 Å². The molecule has 4 heteroatoms. The number of carbonyl (C=O) groups is 2. The maximum Gasteiger partial charge on any atom is 0.408 e. The molecule has 0 aromatic heterocycles.